The number of rotatable bonds is 20. The Bertz CT molecular complexity index is 610. The molecule has 33 heavy (non-hydrogen) atoms. The summed E-state index contributed by atoms with van der Waals surface area (Å²) in [7, 11) is -3.29. The van der Waals surface area contributed by atoms with Crippen molar-refractivity contribution in [2.75, 3.05) is 13.7 Å². The summed E-state index contributed by atoms with van der Waals surface area (Å²) in [5.74, 6) is -1.48. The van der Waals surface area contributed by atoms with Gasteiger partial charge in [0.15, 0.2) is 11.3 Å². The molecule has 198 valence electrons. The number of hydrogen-bond donors (Lipinski definition) is 4. The predicted molar refractivity (Wildman–Crippen MR) is 130 cm³/mol. The third-order valence-electron chi connectivity index (χ3n) is 5.45. The molecule has 10 heteroatoms. The maximum absolute atomic E-state index is 12.3. The summed E-state index contributed by atoms with van der Waals surface area (Å²) in [4.78, 5) is 23.7. The summed E-state index contributed by atoms with van der Waals surface area (Å²) in [5.41, 5.74) is -1.60. The zero-order valence-corrected chi connectivity index (χ0v) is 21.8. The Morgan fingerprint density at radius 3 is 1.58 bits per heavy atom. The lowest BCUT2D eigenvalue weighted by Crippen LogP contribution is -2.57. The SMILES string of the molecule is CCCCCCCCCCCCCCCC(=O)C(C)(NCC(C)O)C(=O)O.COS(=O)(=O)O. The zero-order valence-electron chi connectivity index (χ0n) is 21.0. The van der Waals surface area contributed by atoms with E-state index in [4.69, 9.17) is 4.55 Å². The molecule has 0 aliphatic rings. The molecule has 4 N–H and O–H groups in total. The summed E-state index contributed by atoms with van der Waals surface area (Å²) in [5, 5.41) is 21.4. The fraction of sp³-hybridized carbons (Fsp3) is 0.913. The molecule has 0 radical (unpaired) electrons. The van der Waals surface area contributed by atoms with Gasteiger partial charge in [-0.25, -0.2) is 4.79 Å². The first kappa shape index (κ1) is 34.1. The Morgan fingerprint density at radius 1 is 0.909 bits per heavy atom. The van der Waals surface area contributed by atoms with Crippen LogP contribution in [0.3, 0.4) is 0 Å². The van der Waals surface area contributed by atoms with E-state index < -0.39 is 28.0 Å². The molecule has 2 atom stereocenters. The van der Waals surface area contributed by atoms with Crippen LogP contribution in [0, 0.1) is 0 Å². The molecule has 0 heterocycles. The number of ketones is 1. The van der Waals surface area contributed by atoms with Gasteiger partial charge in [0.2, 0.25) is 0 Å². The van der Waals surface area contributed by atoms with Crippen molar-refractivity contribution in [3.63, 3.8) is 0 Å². The molecular formula is C23H47NO8S. The molecule has 0 spiro atoms. The van der Waals surface area contributed by atoms with Crippen molar-refractivity contribution in [1.29, 1.82) is 0 Å². The molecule has 0 saturated carbocycles. The largest absolute Gasteiger partial charge is 0.480 e. The molecular weight excluding hydrogens is 450 g/mol. The number of β-amino-alcohol motifs (C(OH)–C–C–N with tert-alkyl or cyclic N) is 1. The molecule has 0 aromatic heterocycles. The quantitative estimate of drug-likeness (QED) is 0.110. The smallest absolute Gasteiger partial charge is 0.397 e. The van der Waals surface area contributed by atoms with Crippen LogP contribution in [0.25, 0.3) is 0 Å². The second-order valence-electron chi connectivity index (χ2n) is 8.67. The third-order valence-corrected chi connectivity index (χ3v) is 5.88. The summed E-state index contributed by atoms with van der Waals surface area (Å²) in [6.07, 6.45) is 15.6. The molecule has 0 aromatic carbocycles. The van der Waals surface area contributed by atoms with E-state index in [9.17, 15) is 28.2 Å². The van der Waals surface area contributed by atoms with Crippen LogP contribution in [0.2, 0.25) is 0 Å². The maximum atomic E-state index is 12.3. The second-order valence-corrected chi connectivity index (χ2v) is 9.86. The number of hydrogen-bond acceptors (Lipinski definition) is 7. The number of carboxylic acids is 1. The van der Waals surface area contributed by atoms with Crippen LogP contribution in [0.5, 0.6) is 0 Å². The lowest BCUT2D eigenvalue weighted by atomic mass is 9.92. The summed E-state index contributed by atoms with van der Waals surface area (Å²) in [6.45, 7) is 5.29. The Balaban J connectivity index is 0. The minimum absolute atomic E-state index is 0.0904. The van der Waals surface area contributed by atoms with Gasteiger partial charge in [0.05, 0.1) is 13.2 Å². The highest BCUT2D eigenvalue weighted by Gasteiger charge is 2.39. The summed E-state index contributed by atoms with van der Waals surface area (Å²) >= 11 is 0. The number of nitrogens with one attached hydrogen (secondary N) is 1. The summed E-state index contributed by atoms with van der Waals surface area (Å²) in [6, 6.07) is 0. The monoisotopic (exact) mass is 497 g/mol. The first-order valence-corrected chi connectivity index (χ1v) is 13.5. The van der Waals surface area contributed by atoms with Crippen LogP contribution in [-0.2, 0) is 24.2 Å². The van der Waals surface area contributed by atoms with Crippen molar-refractivity contribution in [2.24, 2.45) is 0 Å². The lowest BCUT2D eigenvalue weighted by Gasteiger charge is -2.25. The molecule has 0 amide bonds. The Morgan fingerprint density at radius 2 is 1.27 bits per heavy atom. The van der Waals surface area contributed by atoms with Crippen LogP contribution in [0.4, 0.5) is 0 Å². The minimum Gasteiger partial charge on any atom is -0.480 e. The number of carbonyl (C=O) groups is 2. The van der Waals surface area contributed by atoms with Gasteiger partial charge in [0, 0.05) is 13.0 Å². The minimum atomic E-state index is -4.16. The van der Waals surface area contributed by atoms with Gasteiger partial charge in [-0.05, 0) is 20.3 Å². The Labute approximate surface area is 200 Å². The third kappa shape index (κ3) is 21.2. The van der Waals surface area contributed by atoms with E-state index in [1.165, 1.54) is 71.1 Å². The fourth-order valence-corrected chi connectivity index (χ4v) is 3.20. The van der Waals surface area contributed by atoms with Gasteiger partial charge in [-0.1, -0.05) is 84.0 Å². The first-order chi connectivity index (χ1) is 15.4. The number of unbranched alkanes of at least 4 members (excludes halogenated alkanes) is 12. The van der Waals surface area contributed by atoms with E-state index in [1.807, 2.05) is 0 Å². The van der Waals surface area contributed by atoms with Crippen LogP contribution in [0.1, 0.15) is 111 Å². The normalized spacial score (nSPS) is 14.1. The van der Waals surface area contributed by atoms with Crippen molar-refractivity contribution in [3.8, 4) is 0 Å². The molecule has 0 aromatic rings. The van der Waals surface area contributed by atoms with Gasteiger partial charge in [-0.3, -0.25) is 18.8 Å². The zero-order chi connectivity index (χ0) is 25.8. The molecule has 0 saturated heterocycles. The molecule has 9 nitrogen and oxygen atoms in total. The van der Waals surface area contributed by atoms with Crippen LogP contribution in [-0.4, -0.2) is 60.2 Å². The van der Waals surface area contributed by atoms with Gasteiger partial charge >= 0.3 is 16.4 Å². The van der Waals surface area contributed by atoms with Gasteiger partial charge in [0.25, 0.3) is 0 Å². The Hall–Kier alpha value is -1.07. The molecule has 0 fully saturated rings. The fourth-order valence-electron chi connectivity index (χ4n) is 3.20. The van der Waals surface area contributed by atoms with Crippen molar-refractivity contribution in [2.45, 2.75) is 122 Å². The number of Topliss-reactive ketones (excluding diaryl/α,β-unsaturated/α-hetero) is 1. The lowest BCUT2D eigenvalue weighted by molar-refractivity contribution is -0.149. The number of carbonyl (C=O) groups excluding carboxylic acids is 1. The van der Waals surface area contributed by atoms with Crippen LogP contribution in [0.15, 0.2) is 0 Å². The van der Waals surface area contributed by atoms with E-state index in [0.717, 1.165) is 26.4 Å². The average molecular weight is 498 g/mol. The van der Waals surface area contributed by atoms with Gasteiger partial charge < -0.3 is 10.2 Å². The van der Waals surface area contributed by atoms with Crippen molar-refractivity contribution < 1.29 is 37.0 Å². The molecule has 0 rings (SSSR count). The summed E-state index contributed by atoms with van der Waals surface area (Å²) < 4.78 is 29.7. The van der Waals surface area contributed by atoms with Crippen molar-refractivity contribution >= 4 is 22.2 Å². The number of aliphatic hydroxyl groups is 1. The first-order valence-electron chi connectivity index (χ1n) is 12.1. The molecule has 0 aliphatic heterocycles. The predicted octanol–water partition coefficient (Wildman–Crippen LogP) is 4.29. The van der Waals surface area contributed by atoms with Gasteiger partial charge in [-0.2, -0.15) is 8.42 Å². The van der Waals surface area contributed by atoms with E-state index in [0.29, 0.717) is 0 Å². The highest BCUT2D eigenvalue weighted by Crippen LogP contribution is 2.15. The van der Waals surface area contributed by atoms with E-state index in [2.05, 4.69) is 16.4 Å². The molecule has 2 unspecified atom stereocenters. The topological polar surface area (TPSA) is 150 Å². The maximum Gasteiger partial charge on any atom is 0.397 e. The van der Waals surface area contributed by atoms with Crippen LogP contribution >= 0.6 is 0 Å². The Kier molecular flexibility index (Phi) is 21.0. The number of aliphatic carboxylic acids is 1. The highest BCUT2D eigenvalue weighted by molar-refractivity contribution is 7.80. The average Bonchev–Trinajstić information content (AvgIpc) is 2.74. The molecule has 0 aliphatic carbocycles. The van der Waals surface area contributed by atoms with Crippen molar-refractivity contribution in [3.05, 3.63) is 0 Å². The van der Waals surface area contributed by atoms with Gasteiger partial charge in [-0.15, -0.1) is 0 Å². The standard InChI is InChI=1S/C22H43NO4.CH4O4S/c1-4-5-6-7-8-9-10-11-12-13-14-15-16-17-20(25)22(3,21(26)27)23-18-19(2)24;1-5-6(2,3)4/h19,23-24H,4-18H2,1-3H3,(H,26,27);1H3,(H,2,3,4). The highest BCUT2D eigenvalue weighted by atomic mass is 32.3. The second kappa shape index (κ2) is 20.3. The van der Waals surface area contributed by atoms with Gasteiger partial charge in [0.1, 0.15) is 0 Å². The van der Waals surface area contributed by atoms with Crippen molar-refractivity contribution in [1.82, 2.24) is 5.32 Å². The van der Waals surface area contributed by atoms with E-state index >= 15 is 0 Å². The van der Waals surface area contributed by atoms with Crippen LogP contribution < -0.4 is 5.32 Å². The van der Waals surface area contributed by atoms with E-state index in [-0.39, 0.29) is 18.7 Å². The van der Waals surface area contributed by atoms with E-state index in [1.54, 1.807) is 6.92 Å². The molecule has 0 bridgehead atoms. The number of carboxylic acid groups (broad SMARTS) is 1. The number of aliphatic hydroxyl groups excluding tert-OH is 1.